The summed E-state index contributed by atoms with van der Waals surface area (Å²) in [5.74, 6) is 0.900. The molecule has 0 saturated heterocycles. The van der Waals surface area contributed by atoms with E-state index in [0.29, 0.717) is 12.1 Å². The van der Waals surface area contributed by atoms with Crippen LogP contribution in [0.15, 0.2) is 67.3 Å². The highest BCUT2D eigenvalue weighted by molar-refractivity contribution is 5.35. The second-order valence-electron chi connectivity index (χ2n) is 7.93. The number of aromatic nitrogens is 2. The van der Waals surface area contributed by atoms with Crippen molar-refractivity contribution < 1.29 is 4.74 Å². The first kappa shape index (κ1) is 21.9. The fourth-order valence-electron chi connectivity index (χ4n) is 3.67. The second-order valence-corrected chi connectivity index (χ2v) is 7.93. The maximum absolute atomic E-state index is 5.60. The van der Waals surface area contributed by atoms with Crippen LogP contribution in [0, 0.1) is 0 Å². The van der Waals surface area contributed by atoms with E-state index in [4.69, 9.17) is 4.74 Å². The molecule has 0 fully saturated rings. The van der Waals surface area contributed by atoms with Gasteiger partial charge in [-0.05, 0) is 86.6 Å². The number of methoxy groups -OCH3 is 1. The Morgan fingerprint density at radius 2 is 1.13 bits per heavy atom. The normalized spacial score (nSPS) is 13.4. The van der Waals surface area contributed by atoms with Gasteiger partial charge < -0.3 is 4.74 Å². The number of ether oxygens (including phenoxy) is 1. The smallest absolute Gasteiger partial charge is 0.119 e. The van der Waals surface area contributed by atoms with Crippen molar-refractivity contribution >= 4 is 0 Å². The highest BCUT2D eigenvalue weighted by Crippen LogP contribution is 2.25. The summed E-state index contributed by atoms with van der Waals surface area (Å²) in [6.07, 6.45) is 7.40. The molecule has 0 N–H and O–H groups in total. The van der Waals surface area contributed by atoms with Crippen molar-refractivity contribution in [3.63, 3.8) is 0 Å². The summed E-state index contributed by atoms with van der Waals surface area (Å²) in [5, 5.41) is 0. The van der Waals surface area contributed by atoms with E-state index in [9.17, 15) is 0 Å². The fourth-order valence-corrected chi connectivity index (χ4v) is 3.67. The maximum atomic E-state index is 5.60. The van der Waals surface area contributed by atoms with Crippen molar-refractivity contribution in [2.24, 2.45) is 0 Å². The Hall–Kier alpha value is -2.76. The molecule has 2 atom stereocenters. The zero-order valence-corrected chi connectivity index (χ0v) is 18.6. The standard InChI is InChI=1S/C25H32N4O/c1-19(23-6-10-26-11-7-23)28(3)17-21-14-22(16-25(15-21)30-5)18-29(4)20(2)24-8-12-27-13-9-24/h6-16,19-20H,17-18H2,1-5H3. The molecule has 0 amide bonds. The lowest BCUT2D eigenvalue weighted by Crippen LogP contribution is -2.23. The predicted molar refractivity (Wildman–Crippen MR) is 121 cm³/mol. The molecule has 3 rings (SSSR count). The van der Waals surface area contributed by atoms with Crippen molar-refractivity contribution in [1.29, 1.82) is 0 Å². The Balaban J connectivity index is 1.73. The van der Waals surface area contributed by atoms with Gasteiger partial charge in [0.2, 0.25) is 0 Å². The molecular weight excluding hydrogens is 372 g/mol. The molecule has 5 nitrogen and oxygen atoms in total. The van der Waals surface area contributed by atoms with Crippen LogP contribution in [-0.4, -0.2) is 41.0 Å². The summed E-state index contributed by atoms with van der Waals surface area (Å²) in [7, 11) is 6.04. The fraction of sp³-hybridized carbons (Fsp3) is 0.360. The zero-order chi connectivity index (χ0) is 21.5. The molecule has 0 bridgehead atoms. The van der Waals surface area contributed by atoms with Crippen molar-refractivity contribution in [3.8, 4) is 5.75 Å². The van der Waals surface area contributed by atoms with Crippen LogP contribution in [-0.2, 0) is 13.1 Å². The average Bonchev–Trinajstić information content (AvgIpc) is 2.78. The van der Waals surface area contributed by atoms with E-state index in [1.165, 1.54) is 22.3 Å². The van der Waals surface area contributed by atoms with Gasteiger partial charge >= 0.3 is 0 Å². The van der Waals surface area contributed by atoms with E-state index >= 15 is 0 Å². The minimum atomic E-state index is 0.303. The quantitative estimate of drug-likeness (QED) is 0.509. The summed E-state index contributed by atoms with van der Waals surface area (Å²) in [6.45, 7) is 6.13. The molecule has 0 aliphatic carbocycles. The molecule has 2 aromatic heterocycles. The molecule has 0 radical (unpaired) electrons. The largest absolute Gasteiger partial charge is 0.497 e. The molecule has 0 spiro atoms. The molecular formula is C25H32N4O. The molecule has 0 aliphatic rings. The van der Waals surface area contributed by atoms with E-state index in [1.54, 1.807) is 7.11 Å². The average molecular weight is 405 g/mol. The summed E-state index contributed by atoms with van der Waals surface area (Å²) in [5.41, 5.74) is 5.03. The van der Waals surface area contributed by atoms with Gasteiger partial charge in [0, 0.05) is 50.0 Å². The van der Waals surface area contributed by atoms with Gasteiger partial charge in [-0.25, -0.2) is 0 Å². The second kappa shape index (κ2) is 10.3. The molecule has 3 aromatic rings. The molecule has 158 valence electrons. The third kappa shape index (κ3) is 5.65. The van der Waals surface area contributed by atoms with Crippen LogP contribution in [0.2, 0.25) is 0 Å². The van der Waals surface area contributed by atoms with Gasteiger partial charge in [-0.1, -0.05) is 6.07 Å². The number of hydrogen-bond donors (Lipinski definition) is 0. The van der Waals surface area contributed by atoms with E-state index < -0.39 is 0 Å². The number of rotatable bonds is 9. The third-order valence-electron chi connectivity index (χ3n) is 5.83. The van der Waals surface area contributed by atoms with E-state index in [-0.39, 0.29) is 0 Å². The van der Waals surface area contributed by atoms with Gasteiger partial charge in [0.1, 0.15) is 5.75 Å². The molecule has 1 aromatic carbocycles. The van der Waals surface area contributed by atoms with Crippen LogP contribution in [0.25, 0.3) is 0 Å². The Kier molecular flexibility index (Phi) is 7.55. The van der Waals surface area contributed by atoms with Gasteiger partial charge in [-0.3, -0.25) is 19.8 Å². The monoisotopic (exact) mass is 404 g/mol. The SMILES string of the molecule is COc1cc(CN(C)C(C)c2ccncc2)cc(CN(C)C(C)c2ccncc2)c1. The van der Waals surface area contributed by atoms with E-state index in [1.807, 2.05) is 24.8 Å². The van der Waals surface area contributed by atoms with Crippen LogP contribution in [0.5, 0.6) is 5.75 Å². The van der Waals surface area contributed by atoms with Gasteiger partial charge in [-0.15, -0.1) is 0 Å². The van der Waals surface area contributed by atoms with Crippen LogP contribution >= 0.6 is 0 Å². The van der Waals surface area contributed by atoms with Crippen molar-refractivity contribution in [2.75, 3.05) is 21.2 Å². The molecule has 5 heteroatoms. The van der Waals surface area contributed by atoms with Crippen LogP contribution in [0.4, 0.5) is 0 Å². The molecule has 2 heterocycles. The van der Waals surface area contributed by atoms with Gasteiger partial charge in [0.25, 0.3) is 0 Å². The predicted octanol–water partition coefficient (Wildman–Crippen LogP) is 4.87. The number of benzene rings is 1. The van der Waals surface area contributed by atoms with Gasteiger partial charge in [0.05, 0.1) is 7.11 Å². The minimum absolute atomic E-state index is 0.303. The Morgan fingerprint density at radius 3 is 1.50 bits per heavy atom. The molecule has 30 heavy (non-hydrogen) atoms. The van der Waals surface area contributed by atoms with Crippen LogP contribution < -0.4 is 4.74 Å². The number of nitrogens with zero attached hydrogens (tertiary/aromatic N) is 4. The summed E-state index contributed by atoms with van der Waals surface area (Å²) >= 11 is 0. The lowest BCUT2D eigenvalue weighted by molar-refractivity contribution is 0.248. The number of pyridine rings is 2. The van der Waals surface area contributed by atoms with Crippen molar-refractivity contribution in [1.82, 2.24) is 19.8 Å². The summed E-state index contributed by atoms with van der Waals surface area (Å²) in [6, 6.07) is 15.5. The van der Waals surface area contributed by atoms with E-state index in [0.717, 1.165) is 18.8 Å². The van der Waals surface area contributed by atoms with Crippen molar-refractivity contribution in [2.45, 2.75) is 39.0 Å². The number of hydrogen-bond acceptors (Lipinski definition) is 5. The Bertz CT molecular complexity index is 845. The lowest BCUT2D eigenvalue weighted by atomic mass is 10.0. The highest BCUT2D eigenvalue weighted by atomic mass is 16.5. The Labute approximate surface area is 180 Å². The topological polar surface area (TPSA) is 41.5 Å². The highest BCUT2D eigenvalue weighted by Gasteiger charge is 2.15. The van der Waals surface area contributed by atoms with Crippen LogP contribution in [0.3, 0.4) is 0 Å². The lowest BCUT2D eigenvalue weighted by Gasteiger charge is -2.27. The first-order chi connectivity index (χ1) is 14.5. The van der Waals surface area contributed by atoms with Crippen molar-refractivity contribution in [3.05, 3.63) is 89.5 Å². The maximum Gasteiger partial charge on any atom is 0.119 e. The summed E-state index contributed by atoms with van der Waals surface area (Å²) < 4.78 is 5.60. The van der Waals surface area contributed by atoms with E-state index in [2.05, 4.69) is 90.2 Å². The Morgan fingerprint density at radius 1 is 0.733 bits per heavy atom. The third-order valence-corrected chi connectivity index (χ3v) is 5.83. The molecule has 0 aliphatic heterocycles. The first-order valence-electron chi connectivity index (χ1n) is 10.3. The molecule has 0 saturated carbocycles. The first-order valence-corrected chi connectivity index (χ1v) is 10.3. The van der Waals surface area contributed by atoms with Crippen LogP contribution in [0.1, 0.15) is 48.2 Å². The minimum Gasteiger partial charge on any atom is -0.497 e. The molecule has 2 unspecified atom stereocenters. The van der Waals surface area contributed by atoms with Gasteiger partial charge in [-0.2, -0.15) is 0 Å². The van der Waals surface area contributed by atoms with Gasteiger partial charge in [0.15, 0.2) is 0 Å². The summed E-state index contributed by atoms with van der Waals surface area (Å²) in [4.78, 5) is 12.9. The zero-order valence-electron chi connectivity index (χ0n) is 18.6.